The topological polar surface area (TPSA) is 115 Å². The Morgan fingerprint density at radius 2 is 0.893 bits per heavy atom. The van der Waals surface area contributed by atoms with Gasteiger partial charge in [-0.05, 0) is 52.0 Å². The Balaban J connectivity index is 0.000000391. The van der Waals surface area contributed by atoms with Gasteiger partial charge in [0.1, 0.15) is 11.2 Å². The third-order valence-electron chi connectivity index (χ3n) is 2.72. The molecule has 0 aromatic heterocycles. The fourth-order valence-electron chi connectivity index (χ4n) is 1.47. The molecule has 0 amide bonds. The van der Waals surface area contributed by atoms with Gasteiger partial charge in [0.15, 0.2) is 0 Å². The van der Waals surface area contributed by atoms with Gasteiger partial charge in [-0.3, -0.25) is 0 Å². The zero-order chi connectivity index (χ0) is 21.8. The maximum absolute atomic E-state index is 10.2. The normalized spacial score (nSPS) is 10.1. The fourth-order valence-corrected chi connectivity index (χ4v) is 1.47. The van der Waals surface area contributed by atoms with Crippen LogP contribution >= 0.6 is 0 Å². The van der Waals surface area contributed by atoms with Crippen molar-refractivity contribution in [3.05, 3.63) is 71.8 Å². The number of carboxylic acid groups (broad SMARTS) is 2. The van der Waals surface area contributed by atoms with Crippen LogP contribution in [0, 0.1) is 11.8 Å². The van der Waals surface area contributed by atoms with Gasteiger partial charge in [0.05, 0.1) is 11.1 Å². The summed E-state index contributed by atoms with van der Waals surface area (Å²) < 4.78 is 0. The van der Waals surface area contributed by atoms with E-state index in [4.69, 9.17) is 20.4 Å². The molecule has 0 heterocycles. The summed E-state index contributed by atoms with van der Waals surface area (Å²) in [6.45, 7) is 6.30. The van der Waals surface area contributed by atoms with Gasteiger partial charge in [-0.1, -0.05) is 48.2 Å². The number of hydrogen-bond acceptors (Lipinski definition) is 4. The molecular formula is C22H26O6. The third-order valence-corrected chi connectivity index (χ3v) is 2.72. The van der Waals surface area contributed by atoms with Crippen molar-refractivity contribution in [2.24, 2.45) is 0 Å². The van der Waals surface area contributed by atoms with Crippen molar-refractivity contribution >= 4 is 11.9 Å². The van der Waals surface area contributed by atoms with E-state index < -0.39 is 23.1 Å². The summed E-state index contributed by atoms with van der Waals surface area (Å²) in [5.41, 5.74) is -1.37. The molecule has 0 fully saturated rings. The van der Waals surface area contributed by atoms with Crippen LogP contribution in [0.5, 0.6) is 0 Å². The van der Waals surface area contributed by atoms with Crippen molar-refractivity contribution in [2.75, 3.05) is 0 Å². The first-order valence-corrected chi connectivity index (χ1v) is 8.37. The maximum Gasteiger partial charge on any atom is 0.335 e. The van der Waals surface area contributed by atoms with E-state index in [0.717, 1.165) is 0 Å². The molecule has 2 rings (SSSR count). The van der Waals surface area contributed by atoms with Crippen LogP contribution in [0.3, 0.4) is 0 Å². The van der Waals surface area contributed by atoms with Crippen LogP contribution in [0.25, 0.3) is 0 Å². The lowest BCUT2D eigenvalue weighted by atomic mass is 10.1. The Labute approximate surface area is 165 Å². The quantitative estimate of drug-likeness (QED) is 0.589. The molecule has 150 valence electrons. The second kappa shape index (κ2) is 11.5. The van der Waals surface area contributed by atoms with E-state index >= 15 is 0 Å². The van der Waals surface area contributed by atoms with E-state index in [1.165, 1.54) is 0 Å². The standard InChI is InChI=1S/C8H14O2.2C7H6O2/c1-7(2,9)5-6-8(3,4)10;2*8-7(9)6-4-2-1-3-5-6/h9-10H,1-4H3;2*1-5H,(H,8,9). The summed E-state index contributed by atoms with van der Waals surface area (Å²) in [6.07, 6.45) is 0. The van der Waals surface area contributed by atoms with Crippen LogP contribution in [0.15, 0.2) is 60.7 Å². The van der Waals surface area contributed by atoms with Gasteiger partial charge in [-0.15, -0.1) is 0 Å². The lowest BCUT2D eigenvalue weighted by Crippen LogP contribution is -2.20. The minimum Gasteiger partial charge on any atom is -0.478 e. The Bertz CT molecular complexity index is 721. The number of benzene rings is 2. The molecule has 0 atom stereocenters. The lowest BCUT2D eigenvalue weighted by Gasteiger charge is -2.10. The molecular weight excluding hydrogens is 360 g/mol. The maximum atomic E-state index is 10.2. The van der Waals surface area contributed by atoms with E-state index in [9.17, 15) is 9.59 Å². The zero-order valence-corrected chi connectivity index (χ0v) is 16.4. The summed E-state index contributed by atoms with van der Waals surface area (Å²) in [5, 5.41) is 35.0. The average Bonchev–Trinajstić information content (AvgIpc) is 2.61. The van der Waals surface area contributed by atoms with Gasteiger partial charge in [-0.25, -0.2) is 9.59 Å². The molecule has 0 aliphatic heterocycles. The fraction of sp³-hybridized carbons (Fsp3) is 0.273. The van der Waals surface area contributed by atoms with E-state index in [1.54, 1.807) is 88.4 Å². The SMILES string of the molecule is CC(C)(O)C#CC(C)(C)O.O=C(O)c1ccccc1.O=C(O)c1ccccc1. The van der Waals surface area contributed by atoms with E-state index in [0.29, 0.717) is 11.1 Å². The number of aliphatic hydroxyl groups is 2. The highest BCUT2D eigenvalue weighted by molar-refractivity contribution is 5.87. The second-order valence-electron chi connectivity index (χ2n) is 6.71. The highest BCUT2D eigenvalue weighted by Crippen LogP contribution is 2.01. The number of carbonyl (C=O) groups is 2. The second-order valence-corrected chi connectivity index (χ2v) is 6.71. The average molecular weight is 386 g/mol. The largest absolute Gasteiger partial charge is 0.478 e. The molecule has 4 N–H and O–H groups in total. The van der Waals surface area contributed by atoms with Crippen molar-refractivity contribution in [1.82, 2.24) is 0 Å². The lowest BCUT2D eigenvalue weighted by molar-refractivity contribution is 0.0686. The number of aromatic carboxylic acids is 2. The van der Waals surface area contributed by atoms with Gasteiger partial charge in [0.2, 0.25) is 0 Å². The van der Waals surface area contributed by atoms with Crippen molar-refractivity contribution < 1.29 is 30.0 Å². The van der Waals surface area contributed by atoms with Crippen molar-refractivity contribution in [3.8, 4) is 11.8 Å². The molecule has 28 heavy (non-hydrogen) atoms. The molecule has 0 spiro atoms. The van der Waals surface area contributed by atoms with Crippen LogP contribution in [0.2, 0.25) is 0 Å². The van der Waals surface area contributed by atoms with E-state index in [1.807, 2.05) is 0 Å². The summed E-state index contributed by atoms with van der Waals surface area (Å²) in [7, 11) is 0. The number of carboxylic acids is 2. The molecule has 0 bridgehead atoms. The third kappa shape index (κ3) is 14.1. The highest BCUT2D eigenvalue weighted by atomic mass is 16.4. The molecule has 6 nitrogen and oxygen atoms in total. The van der Waals surface area contributed by atoms with Crippen molar-refractivity contribution in [1.29, 1.82) is 0 Å². The monoisotopic (exact) mass is 386 g/mol. The van der Waals surface area contributed by atoms with Gasteiger partial charge < -0.3 is 20.4 Å². The Kier molecular flexibility index (Phi) is 10.3. The summed E-state index contributed by atoms with van der Waals surface area (Å²) in [4.78, 5) is 20.4. The zero-order valence-electron chi connectivity index (χ0n) is 16.4. The molecule has 0 unspecified atom stereocenters. The van der Waals surface area contributed by atoms with Gasteiger partial charge in [0, 0.05) is 0 Å². The van der Waals surface area contributed by atoms with Crippen LogP contribution in [0.4, 0.5) is 0 Å². The molecule has 0 aliphatic carbocycles. The van der Waals surface area contributed by atoms with Gasteiger partial charge >= 0.3 is 11.9 Å². The summed E-state index contributed by atoms with van der Waals surface area (Å²) >= 11 is 0. The molecule has 0 saturated carbocycles. The Morgan fingerprint density at radius 3 is 1.04 bits per heavy atom. The molecule has 2 aromatic rings. The summed E-state index contributed by atoms with van der Waals surface area (Å²) in [5.74, 6) is 3.28. The van der Waals surface area contributed by atoms with Crippen LogP contribution < -0.4 is 0 Å². The number of rotatable bonds is 2. The smallest absolute Gasteiger partial charge is 0.335 e. The first kappa shape index (κ1) is 24.9. The molecule has 6 heteroatoms. The highest BCUT2D eigenvalue weighted by Gasteiger charge is 2.10. The number of hydrogen-bond donors (Lipinski definition) is 4. The minimum atomic E-state index is -1.01. The van der Waals surface area contributed by atoms with Crippen LogP contribution in [0.1, 0.15) is 48.4 Å². The first-order chi connectivity index (χ1) is 12.8. The van der Waals surface area contributed by atoms with E-state index in [-0.39, 0.29) is 0 Å². The molecule has 0 aliphatic rings. The predicted molar refractivity (Wildman–Crippen MR) is 107 cm³/mol. The Morgan fingerprint density at radius 1 is 0.643 bits per heavy atom. The van der Waals surface area contributed by atoms with Crippen molar-refractivity contribution in [3.63, 3.8) is 0 Å². The molecule has 0 radical (unpaired) electrons. The van der Waals surface area contributed by atoms with Crippen LogP contribution in [-0.4, -0.2) is 43.6 Å². The minimum absolute atomic E-state index is 0.331. The first-order valence-electron chi connectivity index (χ1n) is 8.37. The molecule has 2 aromatic carbocycles. The van der Waals surface area contributed by atoms with Gasteiger partial charge in [-0.2, -0.15) is 0 Å². The Hall–Kier alpha value is -3.14. The van der Waals surface area contributed by atoms with Crippen LogP contribution in [-0.2, 0) is 0 Å². The molecule has 0 saturated heterocycles. The predicted octanol–water partition coefficient (Wildman–Crippen LogP) is 3.30. The van der Waals surface area contributed by atoms with Gasteiger partial charge in [0.25, 0.3) is 0 Å². The summed E-state index contributed by atoms with van der Waals surface area (Å²) in [6, 6.07) is 16.6. The van der Waals surface area contributed by atoms with E-state index in [2.05, 4.69) is 11.8 Å². The van der Waals surface area contributed by atoms with Crippen molar-refractivity contribution in [2.45, 2.75) is 38.9 Å².